The van der Waals surface area contributed by atoms with Crippen molar-refractivity contribution in [2.75, 3.05) is 13.2 Å². The molecule has 1 aliphatic carbocycles. The van der Waals surface area contributed by atoms with Crippen molar-refractivity contribution in [2.24, 2.45) is 0 Å². The first kappa shape index (κ1) is 24.8. The third-order valence-corrected chi connectivity index (χ3v) is 6.79. The van der Waals surface area contributed by atoms with Gasteiger partial charge in [0.1, 0.15) is 5.75 Å². The second kappa shape index (κ2) is 12.9. The number of ether oxygens (including phenoxy) is 1. The lowest BCUT2D eigenvalue weighted by atomic mass is 9.86. The number of carbonyl (C=O) groups is 1. The van der Waals surface area contributed by atoms with E-state index in [9.17, 15) is 4.79 Å². The van der Waals surface area contributed by atoms with Crippen molar-refractivity contribution in [3.8, 4) is 5.75 Å². The van der Waals surface area contributed by atoms with E-state index < -0.39 is 0 Å². The first-order valence-electron chi connectivity index (χ1n) is 13.0. The summed E-state index contributed by atoms with van der Waals surface area (Å²) >= 11 is 0. The van der Waals surface area contributed by atoms with Crippen molar-refractivity contribution >= 4 is 12.0 Å². The van der Waals surface area contributed by atoms with E-state index in [0.29, 0.717) is 6.54 Å². The molecule has 0 heterocycles. The van der Waals surface area contributed by atoms with E-state index in [4.69, 9.17) is 4.74 Å². The zero-order chi connectivity index (χ0) is 24.3. The van der Waals surface area contributed by atoms with Gasteiger partial charge in [0.15, 0.2) is 6.61 Å². The topological polar surface area (TPSA) is 29.5 Å². The number of fused-ring (bicyclic) bond motifs is 1. The summed E-state index contributed by atoms with van der Waals surface area (Å²) in [6.07, 6.45) is 9.96. The monoisotopic (exact) mass is 467 g/mol. The Kier molecular flexibility index (Phi) is 9.17. The van der Waals surface area contributed by atoms with Gasteiger partial charge in [0.2, 0.25) is 0 Å². The van der Waals surface area contributed by atoms with Gasteiger partial charge in [-0.1, -0.05) is 104 Å². The molecular formula is C32H37NO2. The first-order valence-corrected chi connectivity index (χ1v) is 13.0. The van der Waals surface area contributed by atoms with Crippen LogP contribution in [-0.2, 0) is 11.2 Å². The number of hydrogen-bond acceptors (Lipinski definition) is 2. The van der Waals surface area contributed by atoms with Crippen LogP contribution in [0.15, 0.2) is 90.5 Å². The molecule has 3 aromatic carbocycles. The highest BCUT2D eigenvalue weighted by Crippen LogP contribution is 2.35. The van der Waals surface area contributed by atoms with E-state index in [-0.39, 0.29) is 18.6 Å². The van der Waals surface area contributed by atoms with Crippen LogP contribution in [0.25, 0.3) is 6.08 Å². The fourth-order valence-electron chi connectivity index (χ4n) is 4.97. The van der Waals surface area contributed by atoms with Crippen molar-refractivity contribution in [1.82, 2.24) is 4.90 Å². The Balaban J connectivity index is 1.61. The van der Waals surface area contributed by atoms with E-state index in [2.05, 4.69) is 66.4 Å². The van der Waals surface area contributed by atoms with Gasteiger partial charge in [0.25, 0.3) is 5.91 Å². The van der Waals surface area contributed by atoms with Gasteiger partial charge in [-0.15, -0.1) is 0 Å². The largest absolute Gasteiger partial charge is 0.484 e. The molecule has 0 aliphatic heterocycles. The van der Waals surface area contributed by atoms with Crippen LogP contribution in [0.5, 0.6) is 5.75 Å². The molecule has 3 nitrogen and oxygen atoms in total. The number of benzene rings is 3. The molecule has 1 atom stereocenters. The van der Waals surface area contributed by atoms with Crippen LogP contribution in [0.4, 0.5) is 0 Å². The van der Waals surface area contributed by atoms with Crippen molar-refractivity contribution in [2.45, 2.75) is 57.9 Å². The molecule has 1 amide bonds. The lowest BCUT2D eigenvalue weighted by Crippen LogP contribution is -2.40. The minimum Gasteiger partial charge on any atom is -0.484 e. The lowest BCUT2D eigenvalue weighted by molar-refractivity contribution is -0.135. The molecule has 0 aromatic heterocycles. The molecule has 0 radical (unpaired) electrons. The fourth-order valence-corrected chi connectivity index (χ4v) is 4.97. The minimum absolute atomic E-state index is 0.0463. The lowest BCUT2D eigenvalue weighted by Gasteiger charge is -2.36. The normalized spacial score (nSPS) is 15.3. The number of para-hydroxylation sites is 1. The number of amides is 1. The van der Waals surface area contributed by atoms with Crippen LogP contribution in [0, 0.1) is 0 Å². The number of unbranched alkanes of at least 4 members (excludes halogenated alkanes) is 2. The summed E-state index contributed by atoms with van der Waals surface area (Å²) in [6.45, 7) is 2.92. The zero-order valence-corrected chi connectivity index (χ0v) is 20.9. The van der Waals surface area contributed by atoms with Crippen LogP contribution in [0.3, 0.4) is 0 Å². The highest BCUT2D eigenvalue weighted by Gasteiger charge is 2.30. The minimum atomic E-state index is 0.0463. The maximum atomic E-state index is 13.7. The summed E-state index contributed by atoms with van der Waals surface area (Å²) in [4.78, 5) is 15.8. The summed E-state index contributed by atoms with van der Waals surface area (Å²) in [6, 6.07) is 28.8. The van der Waals surface area contributed by atoms with Crippen LogP contribution in [-0.4, -0.2) is 24.0 Å². The Labute approximate surface area is 210 Å². The van der Waals surface area contributed by atoms with Crippen LogP contribution in [0.1, 0.15) is 68.2 Å². The van der Waals surface area contributed by atoms with E-state index >= 15 is 0 Å². The summed E-state index contributed by atoms with van der Waals surface area (Å²) in [7, 11) is 0. The van der Waals surface area contributed by atoms with Gasteiger partial charge in [-0.2, -0.15) is 0 Å². The number of hydrogen-bond donors (Lipinski definition) is 0. The van der Waals surface area contributed by atoms with E-state index in [1.54, 1.807) is 0 Å². The quantitative estimate of drug-likeness (QED) is 0.271. The third kappa shape index (κ3) is 7.08. The van der Waals surface area contributed by atoms with Crippen molar-refractivity contribution in [1.29, 1.82) is 0 Å². The van der Waals surface area contributed by atoms with Gasteiger partial charge < -0.3 is 9.64 Å². The molecule has 4 rings (SSSR count). The Morgan fingerprint density at radius 2 is 1.66 bits per heavy atom. The Hall–Kier alpha value is -3.33. The number of aryl methyl sites for hydroxylation is 1. The molecular weight excluding hydrogens is 430 g/mol. The second-order valence-corrected chi connectivity index (χ2v) is 9.40. The molecule has 3 heteroatoms. The number of rotatable bonds is 11. The smallest absolute Gasteiger partial charge is 0.261 e. The number of carbonyl (C=O) groups excluding carboxylic acids is 1. The average molecular weight is 468 g/mol. The molecule has 1 unspecified atom stereocenters. The van der Waals surface area contributed by atoms with Gasteiger partial charge in [-0.05, 0) is 60.9 Å². The van der Waals surface area contributed by atoms with E-state index in [0.717, 1.165) is 37.9 Å². The molecule has 182 valence electrons. The van der Waals surface area contributed by atoms with Crippen molar-refractivity contribution < 1.29 is 9.53 Å². The van der Waals surface area contributed by atoms with Crippen LogP contribution >= 0.6 is 0 Å². The molecule has 0 bridgehead atoms. The fraction of sp³-hybridized carbons (Fsp3) is 0.344. The Morgan fingerprint density at radius 3 is 2.43 bits per heavy atom. The molecule has 0 N–H and O–H groups in total. The van der Waals surface area contributed by atoms with Crippen molar-refractivity contribution in [3.63, 3.8) is 0 Å². The number of nitrogens with zero attached hydrogens (tertiary/aromatic N) is 1. The van der Waals surface area contributed by atoms with Crippen LogP contribution < -0.4 is 4.74 Å². The standard InChI is InChI=1S/C32H37NO2/c1-2-3-6-16-27(23-26-14-7-4-8-15-26)24-33(32(34)25-35-29-19-9-5-10-20-29)31-22-13-18-28-17-11-12-21-30(28)31/h4-5,7-12,14-15,17,19-21,23,31H,2-3,6,13,16,18,22,24-25H2,1H3/b27-23+. The maximum absolute atomic E-state index is 13.7. The molecule has 1 aliphatic rings. The predicted octanol–water partition coefficient (Wildman–Crippen LogP) is 7.64. The first-order chi connectivity index (χ1) is 17.2. The predicted molar refractivity (Wildman–Crippen MR) is 144 cm³/mol. The molecule has 0 spiro atoms. The van der Waals surface area contributed by atoms with Gasteiger partial charge in [-0.3, -0.25) is 4.79 Å². The van der Waals surface area contributed by atoms with Gasteiger partial charge in [0.05, 0.1) is 6.04 Å². The SMILES string of the molecule is CCCCC/C(=C\c1ccccc1)CN(C(=O)COc1ccccc1)C1CCCc2ccccc21. The highest BCUT2D eigenvalue weighted by atomic mass is 16.5. The summed E-state index contributed by atoms with van der Waals surface area (Å²) < 4.78 is 5.92. The Morgan fingerprint density at radius 1 is 0.943 bits per heavy atom. The second-order valence-electron chi connectivity index (χ2n) is 9.40. The van der Waals surface area contributed by atoms with Gasteiger partial charge in [0, 0.05) is 6.54 Å². The molecule has 0 fully saturated rings. The molecule has 35 heavy (non-hydrogen) atoms. The van der Waals surface area contributed by atoms with Gasteiger partial charge >= 0.3 is 0 Å². The molecule has 0 saturated heterocycles. The maximum Gasteiger partial charge on any atom is 0.261 e. The van der Waals surface area contributed by atoms with Gasteiger partial charge in [-0.25, -0.2) is 0 Å². The van der Waals surface area contributed by atoms with Crippen molar-refractivity contribution in [3.05, 3.63) is 107 Å². The zero-order valence-electron chi connectivity index (χ0n) is 20.9. The van der Waals surface area contributed by atoms with E-state index in [1.165, 1.54) is 35.1 Å². The highest BCUT2D eigenvalue weighted by molar-refractivity contribution is 5.79. The summed E-state index contributed by atoms with van der Waals surface area (Å²) in [5.74, 6) is 0.776. The van der Waals surface area contributed by atoms with E-state index in [1.807, 2.05) is 36.4 Å². The Bertz CT molecular complexity index is 1090. The average Bonchev–Trinajstić information content (AvgIpc) is 2.91. The summed E-state index contributed by atoms with van der Waals surface area (Å²) in [5.41, 5.74) is 5.15. The molecule has 3 aromatic rings. The summed E-state index contributed by atoms with van der Waals surface area (Å²) in [5, 5.41) is 0. The molecule has 0 saturated carbocycles. The third-order valence-electron chi connectivity index (χ3n) is 6.79. The van der Waals surface area contributed by atoms with Crippen LogP contribution in [0.2, 0.25) is 0 Å².